The summed E-state index contributed by atoms with van der Waals surface area (Å²) in [6.45, 7) is 3.17. The molecule has 0 spiro atoms. The first-order valence-corrected chi connectivity index (χ1v) is 22.2. The summed E-state index contributed by atoms with van der Waals surface area (Å²) in [5.41, 5.74) is 0.250. The predicted molar refractivity (Wildman–Crippen MR) is 238 cm³/mol. The van der Waals surface area contributed by atoms with Gasteiger partial charge in [0.25, 0.3) is 0 Å². The SMILES string of the molecule is C[C@@H](c1nc(-c2ccc(C#N)cc2)cs1)[C@@](Cn1cncn1)(OC(=O)OCCl)c1ccc(F)cc1F.C[C@@H](c1nc(-c2ccc(C#N)cc2)cs1)[C@](O)(Cn1cncn1)c1ccc(F)cc1F. The number of hydrogen-bond acceptors (Lipinski definition) is 14. The number of carbonyl (C=O) groups excluding carboxylic acids is 1. The molecule has 0 amide bonds. The lowest BCUT2D eigenvalue weighted by atomic mass is 9.81. The highest BCUT2D eigenvalue weighted by Gasteiger charge is 2.48. The van der Waals surface area contributed by atoms with Gasteiger partial charge in [0, 0.05) is 51.1 Å². The fourth-order valence-corrected chi connectivity index (χ4v) is 9.20. The van der Waals surface area contributed by atoms with Gasteiger partial charge in [-0.3, -0.25) is 0 Å². The minimum Gasteiger partial charge on any atom is -0.420 e. The summed E-state index contributed by atoms with van der Waals surface area (Å²) >= 11 is 8.15. The molecule has 14 nitrogen and oxygen atoms in total. The van der Waals surface area contributed by atoms with E-state index in [1.165, 1.54) is 69.5 Å². The summed E-state index contributed by atoms with van der Waals surface area (Å²) in [6, 6.07) is 23.6. The number of halogens is 5. The molecule has 4 atom stereocenters. The van der Waals surface area contributed by atoms with E-state index >= 15 is 4.39 Å². The zero-order valence-electron chi connectivity index (χ0n) is 35.2. The van der Waals surface area contributed by atoms with Crippen LogP contribution < -0.4 is 0 Å². The highest BCUT2D eigenvalue weighted by atomic mass is 35.5. The number of aromatic nitrogens is 8. The fraction of sp³-hybridized carbons (Fsp3) is 0.196. The molecule has 0 aliphatic carbocycles. The lowest BCUT2D eigenvalue weighted by Gasteiger charge is -2.37. The second-order valence-corrected chi connectivity index (χ2v) is 16.8. The highest BCUT2D eigenvalue weighted by Crippen LogP contribution is 2.45. The Bertz CT molecular complexity index is 3040. The minimum atomic E-state index is -1.77. The molecule has 4 heterocycles. The van der Waals surface area contributed by atoms with E-state index in [1.807, 2.05) is 5.38 Å². The molecule has 340 valence electrons. The Kier molecular flexibility index (Phi) is 14.8. The molecule has 0 aliphatic rings. The molecular weight excluding hydrogens is 932 g/mol. The lowest BCUT2D eigenvalue weighted by Crippen LogP contribution is -2.43. The molecular formula is C46H35ClF4N10O4S2. The van der Waals surface area contributed by atoms with Crippen LogP contribution in [0.5, 0.6) is 0 Å². The van der Waals surface area contributed by atoms with Crippen LogP contribution in [-0.4, -0.2) is 56.8 Å². The molecule has 0 saturated heterocycles. The van der Waals surface area contributed by atoms with E-state index in [9.17, 15) is 23.1 Å². The molecule has 0 bridgehead atoms. The van der Waals surface area contributed by atoms with Gasteiger partial charge in [0.1, 0.15) is 59.2 Å². The largest absolute Gasteiger partial charge is 0.510 e. The van der Waals surface area contributed by atoms with Crippen molar-refractivity contribution in [1.82, 2.24) is 39.5 Å². The highest BCUT2D eigenvalue weighted by molar-refractivity contribution is 7.10. The summed E-state index contributed by atoms with van der Waals surface area (Å²) in [6.07, 6.45) is 4.25. The molecule has 8 aromatic rings. The number of ether oxygens (including phenoxy) is 2. The van der Waals surface area contributed by atoms with Gasteiger partial charge in [-0.2, -0.15) is 20.7 Å². The molecule has 4 aromatic carbocycles. The van der Waals surface area contributed by atoms with Crippen molar-refractivity contribution >= 4 is 40.4 Å². The molecule has 0 unspecified atom stereocenters. The number of alkyl halides is 1. The number of hydrogen-bond donors (Lipinski definition) is 1. The molecule has 21 heteroatoms. The maximum absolute atomic E-state index is 15.2. The van der Waals surface area contributed by atoms with Crippen LogP contribution >= 0.6 is 34.3 Å². The molecule has 4 aromatic heterocycles. The monoisotopic (exact) mass is 966 g/mol. The number of nitriles is 2. The summed E-state index contributed by atoms with van der Waals surface area (Å²) in [7, 11) is 0. The van der Waals surface area contributed by atoms with Crippen molar-refractivity contribution in [3.05, 3.63) is 177 Å². The Morgan fingerprint density at radius 2 is 1.21 bits per heavy atom. The zero-order valence-corrected chi connectivity index (χ0v) is 37.6. The van der Waals surface area contributed by atoms with Crippen molar-refractivity contribution in [3.8, 4) is 34.7 Å². The zero-order chi connectivity index (χ0) is 47.7. The Balaban J connectivity index is 0.000000201. The second kappa shape index (κ2) is 20.9. The van der Waals surface area contributed by atoms with Crippen LogP contribution in [0.3, 0.4) is 0 Å². The Hall–Kier alpha value is -7.36. The molecule has 67 heavy (non-hydrogen) atoms. The number of thiazole rings is 2. The first-order valence-electron chi connectivity index (χ1n) is 19.9. The van der Waals surface area contributed by atoms with E-state index in [4.69, 9.17) is 36.6 Å². The summed E-state index contributed by atoms with van der Waals surface area (Å²) in [4.78, 5) is 29.7. The van der Waals surface area contributed by atoms with Gasteiger partial charge in [-0.25, -0.2) is 51.7 Å². The molecule has 1 N–H and O–H groups in total. The topological polar surface area (TPSA) is 191 Å². The smallest absolute Gasteiger partial charge is 0.420 e. The van der Waals surface area contributed by atoms with Gasteiger partial charge < -0.3 is 14.6 Å². The van der Waals surface area contributed by atoms with Crippen molar-refractivity contribution in [2.75, 3.05) is 6.07 Å². The maximum Gasteiger partial charge on any atom is 0.510 e. The lowest BCUT2D eigenvalue weighted by molar-refractivity contribution is -0.0620. The normalized spacial score (nSPS) is 13.7. The number of benzene rings is 4. The Morgan fingerprint density at radius 3 is 1.66 bits per heavy atom. The first-order chi connectivity index (χ1) is 32.3. The van der Waals surface area contributed by atoms with Crippen LogP contribution in [0.25, 0.3) is 22.5 Å². The second-order valence-electron chi connectivity index (χ2n) is 14.8. The quantitative estimate of drug-likeness (QED) is 0.0618. The molecule has 8 rings (SSSR count). The molecule has 0 radical (unpaired) electrons. The van der Waals surface area contributed by atoms with Crippen LogP contribution in [0.2, 0.25) is 0 Å². The summed E-state index contributed by atoms with van der Waals surface area (Å²) < 4.78 is 70.6. The van der Waals surface area contributed by atoms with Gasteiger partial charge in [-0.15, -0.1) is 22.7 Å². The first kappa shape index (κ1) is 47.6. The Morgan fingerprint density at radius 1 is 0.731 bits per heavy atom. The van der Waals surface area contributed by atoms with Crippen LogP contribution in [0.4, 0.5) is 22.4 Å². The fourth-order valence-electron chi connectivity index (χ4n) is 7.17. The van der Waals surface area contributed by atoms with E-state index in [2.05, 4.69) is 37.3 Å². The van der Waals surface area contributed by atoms with Crippen molar-refractivity contribution < 1.29 is 36.9 Å². The van der Waals surface area contributed by atoms with E-state index in [-0.39, 0.29) is 24.2 Å². The number of nitrogens with zero attached hydrogens (tertiary/aromatic N) is 10. The number of carbonyl (C=O) groups is 1. The van der Waals surface area contributed by atoms with Gasteiger partial charge in [0.2, 0.25) is 0 Å². The van der Waals surface area contributed by atoms with Gasteiger partial charge in [0.05, 0.1) is 58.7 Å². The van der Waals surface area contributed by atoms with Crippen LogP contribution in [-0.2, 0) is 33.8 Å². The van der Waals surface area contributed by atoms with Crippen molar-refractivity contribution in [3.63, 3.8) is 0 Å². The van der Waals surface area contributed by atoms with Crippen LogP contribution in [0.15, 0.2) is 121 Å². The number of aliphatic hydroxyl groups is 1. The van der Waals surface area contributed by atoms with Crippen LogP contribution in [0.1, 0.15) is 58.0 Å². The van der Waals surface area contributed by atoms with E-state index in [1.54, 1.807) is 67.8 Å². The van der Waals surface area contributed by atoms with E-state index in [0.717, 1.165) is 29.3 Å². The number of rotatable bonds is 14. The maximum atomic E-state index is 15.2. The average Bonchev–Trinajstić information content (AvgIpc) is 4.19. The standard InChI is InChI=1S/C24H18ClF2N5O3S.C22H17F2N5OS/c1-15(22-31-21(10-36-22)17-4-2-16(9-28)3-5-17)24(35-23(33)34-12-25,11-32-14-29-13-30-32)19-7-6-18(26)8-20(19)27;1-14(21-28-20(10-31-21)16-4-2-15(9-25)3-5-16)22(30,11-29-13-26-12-27-29)18-7-6-17(23)8-19(18)24/h2-8,10,13-15H,11-12H2,1H3;2-8,10,12-14,30H,11H2,1H3/t15-,24+;14-,22+/m00/s1. The molecule has 0 fully saturated rings. The van der Waals surface area contributed by atoms with Gasteiger partial charge >= 0.3 is 6.16 Å². The van der Waals surface area contributed by atoms with Crippen molar-refractivity contribution in [2.24, 2.45) is 0 Å². The predicted octanol–water partition coefficient (Wildman–Crippen LogP) is 9.84. The molecule has 0 saturated carbocycles. The van der Waals surface area contributed by atoms with Crippen molar-refractivity contribution in [1.29, 1.82) is 10.5 Å². The average molecular weight is 967 g/mol. The third kappa shape index (κ3) is 10.7. The molecule has 0 aliphatic heterocycles. The minimum absolute atomic E-state index is 0.0491. The third-order valence-corrected chi connectivity index (χ3v) is 12.9. The third-order valence-electron chi connectivity index (χ3n) is 10.8. The van der Waals surface area contributed by atoms with Gasteiger partial charge in [-0.1, -0.05) is 55.8 Å². The Labute approximate surface area is 393 Å². The van der Waals surface area contributed by atoms with E-state index < -0.39 is 58.5 Å². The summed E-state index contributed by atoms with van der Waals surface area (Å²) in [5.74, 6) is -4.70. The van der Waals surface area contributed by atoms with Gasteiger partial charge in [0.15, 0.2) is 11.7 Å². The van der Waals surface area contributed by atoms with E-state index in [0.29, 0.717) is 38.6 Å². The van der Waals surface area contributed by atoms with Gasteiger partial charge in [-0.05, 0) is 42.5 Å². The summed E-state index contributed by atoms with van der Waals surface area (Å²) in [5, 5.41) is 42.5. The van der Waals surface area contributed by atoms with Crippen molar-refractivity contribution in [2.45, 2.75) is 50.0 Å². The van der Waals surface area contributed by atoms with Crippen LogP contribution in [0, 0.1) is 45.9 Å².